The molecule has 5 nitrogen and oxygen atoms in total. The largest absolute Gasteiger partial charge is 0.469 e. The number of piperidine rings is 1. The number of methoxy groups -OCH3 is 1. The second-order valence-corrected chi connectivity index (χ2v) is 6.50. The molecule has 0 atom stereocenters. The molecule has 128 valence electrons. The van der Waals surface area contributed by atoms with Crippen molar-refractivity contribution in [3.05, 3.63) is 45.8 Å². The van der Waals surface area contributed by atoms with Gasteiger partial charge >= 0.3 is 11.6 Å². The number of fused-ring (bicyclic) bond motifs is 1. The highest BCUT2D eigenvalue weighted by Crippen LogP contribution is 2.19. The van der Waals surface area contributed by atoms with E-state index in [1.165, 1.54) is 12.0 Å². The van der Waals surface area contributed by atoms with Crippen molar-refractivity contribution in [3.63, 3.8) is 0 Å². The van der Waals surface area contributed by atoms with Crippen LogP contribution in [0.15, 0.2) is 33.5 Å². The first-order chi connectivity index (χ1) is 11.6. The van der Waals surface area contributed by atoms with E-state index in [0.717, 1.165) is 55.4 Å². The Morgan fingerprint density at radius 1 is 1.29 bits per heavy atom. The molecule has 0 aliphatic carbocycles. The van der Waals surface area contributed by atoms with E-state index in [1.54, 1.807) is 6.07 Å². The lowest BCUT2D eigenvalue weighted by Gasteiger charge is -2.28. The highest BCUT2D eigenvalue weighted by molar-refractivity contribution is 5.80. The number of ether oxygens (including phenoxy) is 1. The first kappa shape index (κ1) is 16.7. The molecule has 1 aromatic carbocycles. The van der Waals surface area contributed by atoms with Crippen LogP contribution in [-0.2, 0) is 22.5 Å². The topological polar surface area (TPSA) is 61.0 Å². The summed E-state index contributed by atoms with van der Waals surface area (Å²) < 4.78 is 10.2. The standard InChI is InChI=1S/C19H23NO4/c1-3-13-4-5-16-15(11-18(21)24-17(16)10-13)12-20-8-6-14(7-9-20)19(22)23-2/h4-5,10-11,14H,3,6-9,12H2,1-2H3/p+1. The van der Waals surface area contributed by atoms with Gasteiger partial charge in [-0.1, -0.05) is 19.1 Å². The Kier molecular flexibility index (Phi) is 5.00. The van der Waals surface area contributed by atoms with Crippen molar-refractivity contribution in [2.24, 2.45) is 5.92 Å². The van der Waals surface area contributed by atoms with Crippen LogP contribution >= 0.6 is 0 Å². The average molecular weight is 330 g/mol. The zero-order valence-electron chi connectivity index (χ0n) is 14.3. The SMILES string of the molecule is CCc1ccc2c(C[NH+]3CCC(C(=O)OC)CC3)cc(=O)oc2c1. The lowest BCUT2D eigenvalue weighted by atomic mass is 9.96. The molecule has 0 saturated carbocycles. The zero-order chi connectivity index (χ0) is 17.1. The summed E-state index contributed by atoms with van der Waals surface area (Å²) >= 11 is 0. The fourth-order valence-corrected chi connectivity index (χ4v) is 3.52. The summed E-state index contributed by atoms with van der Waals surface area (Å²) in [6, 6.07) is 7.70. The van der Waals surface area contributed by atoms with Crippen LogP contribution in [0.25, 0.3) is 11.0 Å². The second kappa shape index (κ2) is 7.18. The van der Waals surface area contributed by atoms with Gasteiger partial charge < -0.3 is 14.1 Å². The molecule has 0 radical (unpaired) electrons. The van der Waals surface area contributed by atoms with Gasteiger partial charge in [-0.3, -0.25) is 4.79 Å². The van der Waals surface area contributed by atoms with Gasteiger partial charge in [0.15, 0.2) is 0 Å². The number of quaternary nitrogens is 1. The molecule has 3 rings (SSSR count). The van der Waals surface area contributed by atoms with Crippen LogP contribution < -0.4 is 10.5 Å². The third kappa shape index (κ3) is 3.51. The van der Waals surface area contributed by atoms with Gasteiger partial charge in [-0.25, -0.2) is 4.79 Å². The van der Waals surface area contributed by atoms with E-state index in [9.17, 15) is 9.59 Å². The third-order valence-corrected chi connectivity index (χ3v) is 4.97. The molecule has 5 heteroatoms. The highest BCUT2D eigenvalue weighted by atomic mass is 16.5. The number of aryl methyl sites for hydroxylation is 1. The van der Waals surface area contributed by atoms with Gasteiger partial charge in [-0.2, -0.15) is 0 Å². The van der Waals surface area contributed by atoms with Crippen LogP contribution in [0, 0.1) is 5.92 Å². The number of carbonyl (C=O) groups is 1. The Morgan fingerprint density at radius 2 is 2.04 bits per heavy atom. The summed E-state index contributed by atoms with van der Waals surface area (Å²) in [7, 11) is 1.45. The van der Waals surface area contributed by atoms with E-state index in [2.05, 4.69) is 13.0 Å². The van der Waals surface area contributed by atoms with Gasteiger partial charge in [0.1, 0.15) is 12.1 Å². The molecule has 0 spiro atoms. The summed E-state index contributed by atoms with van der Waals surface area (Å²) in [5.41, 5.74) is 2.56. The molecule has 0 amide bonds. The van der Waals surface area contributed by atoms with E-state index in [0.29, 0.717) is 5.58 Å². The van der Waals surface area contributed by atoms with Crippen LogP contribution in [0.2, 0.25) is 0 Å². The monoisotopic (exact) mass is 330 g/mol. The molecule has 0 bridgehead atoms. The van der Waals surface area contributed by atoms with E-state index in [-0.39, 0.29) is 17.5 Å². The molecule has 2 aromatic rings. The summed E-state index contributed by atoms with van der Waals surface area (Å²) in [5, 5.41) is 1.01. The van der Waals surface area contributed by atoms with Crippen LogP contribution in [0.4, 0.5) is 0 Å². The number of hydrogen-bond acceptors (Lipinski definition) is 4. The minimum absolute atomic E-state index is 0.0171. The number of rotatable bonds is 4. The van der Waals surface area contributed by atoms with Gasteiger partial charge in [-0.15, -0.1) is 0 Å². The first-order valence-corrected chi connectivity index (χ1v) is 8.57. The van der Waals surface area contributed by atoms with E-state index < -0.39 is 0 Å². The maximum absolute atomic E-state index is 11.9. The number of esters is 1. The fourth-order valence-electron chi connectivity index (χ4n) is 3.52. The molecule has 1 fully saturated rings. The number of carbonyl (C=O) groups excluding carboxylic acids is 1. The van der Waals surface area contributed by atoms with Gasteiger partial charge in [0.05, 0.1) is 26.1 Å². The van der Waals surface area contributed by atoms with E-state index in [4.69, 9.17) is 9.15 Å². The molecular formula is C19H24NO4+. The minimum Gasteiger partial charge on any atom is -0.469 e. The maximum Gasteiger partial charge on any atom is 0.336 e. The van der Waals surface area contributed by atoms with Gasteiger partial charge in [0.25, 0.3) is 0 Å². The molecule has 2 heterocycles. The summed E-state index contributed by atoms with van der Waals surface area (Å²) in [6.07, 6.45) is 2.58. The Bertz CT molecular complexity index is 788. The van der Waals surface area contributed by atoms with Gasteiger partial charge in [0.2, 0.25) is 0 Å². The molecule has 1 N–H and O–H groups in total. The van der Waals surface area contributed by atoms with Crippen molar-refractivity contribution in [2.75, 3.05) is 20.2 Å². The Labute approximate surface area is 141 Å². The van der Waals surface area contributed by atoms with Crippen molar-refractivity contribution in [1.29, 1.82) is 0 Å². The normalized spacial score (nSPS) is 20.9. The summed E-state index contributed by atoms with van der Waals surface area (Å²) in [4.78, 5) is 24.9. The molecule has 1 aliphatic heterocycles. The van der Waals surface area contributed by atoms with Crippen molar-refractivity contribution in [3.8, 4) is 0 Å². The Morgan fingerprint density at radius 3 is 2.71 bits per heavy atom. The average Bonchev–Trinajstić information content (AvgIpc) is 2.61. The summed E-state index contributed by atoms with van der Waals surface area (Å²) in [6.45, 7) is 4.68. The lowest BCUT2D eigenvalue weighted by molar-refractivity contribution is -0.919. The third-order valence-electron chi connectivity index (χ3n) is 4.97. The lowest BCUT2D eigenvalue weighted by Crippen LogP contribution is -3.11. The molecule has 1 saturated heterocycles. The number of likely N-dealkylation sites (tertiary alicyclic amines) is 1. The Hall–Kier alpha value is -2.14. The summed E-state index contributed by atoms with van der Waals surface area (Å²) in [5.74, 6) is -0.0876. The van der Waals surface area contributed by atoms with Gasteiger partial charge in [0, 0.05) is 29.9 Å². The molecule has 24 heavy (non-hydrogen) atoms. The van der Waals surface area contributed by atoms with E-state index >= 15 is 0 Å². The minimum atomic E-state index is -0.297. The van der Waals surface area contributed by atoms with Crippen LogP contribution in [0.3, 0.4) is 0 Å². The van der Waals surface area contributed by atoms with E-state index in [1.807, 2.05) is 12.1 Å². The highest BCUT2D eigenvalue weighted by Gasteiger charge is 2.28. The fraction of sp³-hybridized carbons (Fsp3) is 0.474. The van der Waals surface area contributed by atoms with Crippen LogP contribution in [0.1, 0.15) is 30.9 Å². The molecule has 1 aliphatic rings. The van der Waals surface area contributed by atoms with Crippen molar-refractivity contribution >= 4 is 16.9 Å². The van der Waals surface area contributed by atoms with Crippen molar-refractivity contribution in [1.82, 2.24) is 0 Å². The number of benzene rings is 1. The number of hydrogen-bond donors (Lipinski definition) is 1. The van der Waals surface area contributed by atoms with Crippen LogP contribution in [0.5, 0.6) is 0 Å². The zero-order valence-corrected chi connectivity index (χ0v) is 14.3. The maximum atomic E-state index is 11.9. The smallest absolute Gasteiger partial charge is 0.336 e. The molecule has 0 unspecified atom stereocenters. The predicted molar refractivity (Wildman–Crippen MR) is 91.0 cm³/mol. The quantitative estimate of drug-likeness (QED) is 0.678. The van der Waals surface area contributed by atoms with Crippen molar-refractivity contribution < 1.29 is 18.8 Å². The molecular weight excluding hydrogens is 306 g/mol. The van der Waals surface area contributed by atoms with Crippen LogP contribution in [-0.4, -0.2) is 26.2 Å². The predicted octanol–water partition coefficient (Wildman–Crippen LogP) is 1.32. The first-order valence-electron chi connectivity index (χ1n) is 8.57. The Balaban J connectivity index is 1.78. The molecule has 1 aromatic heterocycles. The second-order valence-electron chi connectivity index (χ2n) is 6.50. The van der Waals surface area contributed by atoms with Crippen molar-refractivity contribution in [2.45, 2.75) is 32.7 Å². The number of nitrogens with one attached hydrogen (secondary N) is 1. The van der Waals surface area contributed by atoms with Gasteiger partial charge in [-0.05, 0) is 18.1 Å².